The van der Waals surface area contributed by atoms with Crippen molar-refractivity contribution in [3.8, 4) is 5.69 Å². The van der Waals surface area contributed by atoms with Gasteiger partial charge in [-0.1, -0.05) is 42.1 Å². The zero-order valence-electron chi connectivity index (χ0n) is 18.8. The second-order valence-corrected chi connectivity index (χ2v) is 9.14. The van der Waals surface area contributed by atoms with Gasteiger partial charge in [0.25, 0.3) is 5.56 Å². The van der Waals surface area contributed by atoms with Crippen LogP contribution in [0.1, 0.15) is 29.8 Å². The van der Waals surface area contributed by atoms with Crippen molar-refractivity contribution in [1.82, 2.24) is 9.55 Å². The summed E-state index contributed by atoms with van der Waals surface area (Å²) in [5.74, 6) is -0.967. The Morgan fingerprint density at radius 1 is 1.06 bits per heavy atom. The molecule has 0 aliphatic carbocycles. The number of aromatic nitrogens is 2. The quantitative estimate of drug-likeness (QED) is 0.237. The van der Waals surface area contributed by atoms with Crippen LogP contribution in [0.3, 0.4) is 0 Å². The van der Waals surface area contributed by atoms with E-state index in [0.29, 0.717) is 33.4 Å². The first-order chi connectivity index (χ1) is 16.3. The number of hydrogen-bond donors (Lipinski definition) is 1. The number of thioether (sulfide) groups is 1. The SMILES string of the molecule is CC(=O)c1ccccc1NC(=O)C(C)Sc1nc2ccccc2c(=O)n1-c1ccc(C)c(F)c1. The Hall–Kier alpha value is -3.78. The standard InChI is InChI=1S/C26H22FN3O3S/c1-15-12-13-18(14-21(15)27)30-25(33)20-9-5-7-11-23(20)29-26(30)34-17(3)24(32)28-22-10-6-4-8-19(22)16(2)31/h4-14,17H,1-3H3,(H,28,32). The molecule has 1 atom stereocenters. The molecule has 8 heteroatoms. The number of fused-ring (bicyclic) bond motifs is 1. The highest BCUT2D eigenvalue weighted by Gasteiger charge is 2.22. The first kappa shape index (κ1) is 23.4. The third kappa shape index (κ3) is 4.63. The third-order valence-corrected chi connectivity index (χ3v) is 6.43. The van der Waals surface area contributed by atoms with E-state index in [-0.39, 0.29) is 22.4 Å². The predicted octanol–water partition coefficient (Wildman–Crippen LogP) is 5.16. The molecule has 6 nitrogen and oxygen atoms in total. The smallest absolute Gasteiger partial charge is 0.266 e. The number of carbonyl (C=O) groups excluding carboxylic acids is 2. The molecule has 0 radical (unpaired) electrons. The predicted molar refractivity (Wildman–Crippen MR) is 132 cm³/mol. The Morgan fingerprint density at radius 2 is 1.76 bits per heavy atom. The molecule has 0 aliphatic heterocycles. The molecule has 0 spiro atoms. The summed E-state index contributed by atoms with van der Waals surface area (Å²) in [5, 5.41) is 2.76. The largest absolute Gasteiger partial charge is 0.324 e. The summed E-state index contributed by atoms with van der Waals surface area (Å²) in [6.45, 7) is 4.75. The summed E-state index contributed by atoms with van der Waals surface area (Å²) in [6.07, 6.45) is 0. The highest BCUT2D eigenvalue weighted by molar-refractivity contribution is 8.00. The van der Waals surface area contributed by atoms with Gasteiger partial charge in [-0.15, -0.1) is 0 Å². The van der Waals surface area contributed by atoms with Crippen LogP contribution in [-0.4, -0.2) is 26.5 Å². The lowest BCUT2D eigenvalue weighted by atomic mass is 10.1. The molecule has 172 valence electrons. The van der Waals surface area contributed by atoms with Crippen molar-refractivity contribution in [3.05, 3.63) is 94.0 Å². The Kier molecular flexibility index (Phi) is 6.61. The van der Waals surface area contributed by atoms with Crippen LogP contribution in [0.2, 0.25) is 0 Å². The minimum absolute atomic E-state index is 0.164. The van der Waals surface area contributed by atoms with Gasteiger partial charge in [-0.25, -0.2) is 9.37 Å². The van der Waals surface area contributed by atoms with E-state index in [0.717, 1.165) is 11.8 Å². The first-order valence-corrected chi connectivity index (χ1v) is 11.5. The zero-order chi connectivity index (χ0) is 24.4. The second-order valence-electron chi connectivity index (χ2n) is 7.84. The average Bonchev–Trinajstić information content (AvgIpc) is 2.81. The van der Waals surface area contributed by atoms with E-state index in [2.05, 4.69) is 10.3 Å². The molecular formula is C26H22FN3O3S. The lowest BCUT2D eigenvalue weighted by molar-refractivity contribution is -0.115. The van der Waals surface area contributed by atoms with Gasteiger partial charge in [0.1, 0.15) is 5.82 Å². The van der Waals surface area contributed by atoms with Gasteiger partial charge in [-0.3, -0.25) is 19.0 Å². The molecule has 4 aromatic rings. The normalized spacial score (nSPS) is 11.9. The maximum Gasteiger partial charge on any atom is 0.266 e. The number of hydrogen-bond acceptors (Lipinski definition) is 5. The number of para-hydroxylation sites is 2. The van der Waals surface area contributed by atoms with E-state index in [9.17, 15) is 18.8 Å². The molecule has 3 aromatic carbocycles. The third-order valence-electron chi connectivity index (χ3n) is 5.37. The molecule has 34 heavy (non-hydrogen) atoms. The van der Waals surface area contributed by atoms with Crippen LogP contribution in [0.5, 0.6) is 0 Å². The van der Waals surface area contributed by atoms with Crippen LogP contribution in [0.15, 0.2) is 76.7 Å². The number of ketones is 1. The molecule has 1 heterocycles. The molecular weight excluding hydrogens is 453 g/mol. The number of halogens is 1. The van der Waals surface area contributed by atoms with Gasteiger partial charge in [0.2, 0.25) is 5.91 Å². The summed E-state index contributed by atoms with van der Waals surface area (Å²) in [7, 11) is 0. The first-order valence-electron chi connectivity index (χ1n) is 10.6. The number of nitrogens with zero attached hydrogens (tertiary/aromatic N) is 2. The van der Waals surface area contributed by atoms with Crippen LogP contribution in [0.4, 0.5) is 10.1 Å². The Bertz CT molecular complexity index is 1480. The van der Waals surface area contributed by atoms with Crippen LogP contribution in [-0.2, 0) is 4.79 Å². The van der Waals surface area contributed by atoms with Gasteiger partial charge in [0.15, 0.2) is 10.9 Å². The Labute approximate surface area is 199 Å². The molecule has 0 saturated heterocycles. The van der Waals surface area contributed by atoms with Gasteiger partial charge in [0, 0.05) is 5.56 Å². The lowest BCUT2D eigenvalue weighted by Gasteiger charge is -2.17. The Balaban J connectivity index is 1.74. The van der Waals surface area contributed by atoms with Crippen molar-refractivity contribution in [2.75, 3.05) is 5.32 Å². The van der Waals surface area contributed by atoms with Gasteiger partial charge in [-0.2, -0.15) is 0 Å². The summed E-state index contributed by atoms with van der Waals surface area (Å²) >= 11 is 1.08. The van der Waals surface area contributed by atoms with Crippen LogP contribution in [0, 0.1) is 12.7 Å². The molecule has 1 N–H and O–H groups in total. The molecule has 0 fully saturated rings. The van der Waals surface area contributed by atoms with E-state index in [4.69, 9.17) is 0 Å². The molecule has 0 aliphatic rings. The minimum atomic E-state index is -0.672. The number of benzene rings is 3. The van der Waals surface area contributed by atoms with E-state index >= 15 is 0 Å². The van der Waals surface area contributed by atoms with Crippen LogP contribution in [0.25, 0.3) is 16.6 Å². The number of aryl methyl sites for hydroxylation is 1. The van der Waals surface area contributed by atoms with Crippen molar-refractivity contribution >= 4 is 40.0 Å². The average molecular weight is 476 g/mol. The number of carbonyl (C=O) groups is 2. The van der Waals surface area contributed by atoms with Crippen LogP contribution >= 0.6 is 11.8 Å². The zero-order valence-corrected chi connectivity index (χ0v) is 19.7. The van der Waals surface area contributed by atoms with Gasteiger partial charge in [0.05, 0.1) is 27.5 Å². The fraction of sp³-hybridized carbons (Fsp3) is 0.154. The molecule has 0 bridgehead atoms. The molecule has 1 amide bonds. The Morgan fingerprint density at radius 3 is 2.50 bits per heavy atom. The van der Waals surface area contributed by atoms with Gasteiger partial charge in [-0.05, 0) is 62.7 Å². The number of amides is 1. The number of rotatable bonds is 6. The van der Waals surface area contributed by atoms with E-state index in [1.54, 1.807) is 74.5 Å². The van der Waals surface area contributed by atoms with Gasteiger partial charge < -0.3 is 5.32 Å². The molecule has 1 unspecified atom stereocenters. The molecule has 4 rings (SSSR count). The summed E-state index contributed by atoms with van der Waals surface area (Å²) < 4.78 is 15.7. The number of Topliss-reactive ketones (excluding diaryl/α,β-unsaturated/α-hetero) is 1. The van der Waals surface area contributed by atoms with Gasteiger partial charge >= 0.3 is 0 Å². The van der Waals surface area contributed by atoms with E-state index < -0.39 is 11.1 Å². The van der Waals surface area contributed by atoms with Crippen LogP contribution < -0.4 is 10.9 Å². The number of nitrogens with one attached hydrogen (secondary N) is 1. The second kappa shape index (κ2) is 9.61. The summed E-state index contributed by atoms with van der Waals surface area (Å²) in [6, 6.07) is 18.2. The van der Waals surface area contributed by atoms with Crippen molar-refractivity contribution in [3.63, 3.8) is 0 Å². The lowest BCUT2D eigenvalue weighted by Crippen LogP contribution is -2.26. The van der Waals surface area contributed by atoms with E-state index in [1.165, 1.54) is 17.6 Å². The highest BCUT2D eigenvalue weighted by Crippen LogP contribution is 2.27. The monoisotopic (exact) mass is 475 g/mol. The fourth-order valence-corrected chi connectivity index (χ4v) is 4.41. The topological polar surface area (TPSA) is 81.1 Å². The fourth-order valence-electron chi connectivity index (χ4n) is 3.49. The maximum atomic E-state index is 14.3. The number of anilines is 1. The molecule has 1 aromatic heterocycles. The summed E-state index contributed by atoms with van der Waals surface area (Å²) in [4.78, 5) is 42.8. The highest BCUT2D eigenvalue weighted by atomic mass is 32.2. The maximum absolute atomic E-state index is 14.3. The summed E-state index contributed by atoms with van der Waals surface area (Å²) in [5.41, 5.74) is 1.72. The van der Waals surface area contributed by atoms with E-state index in [1.807, 2.05) is 0 Å². The van der Waals surface area contributed by atoms with Crippen molar-refractivity contribution in [2.24, 2.45) is 0 Å². The van der Waals surface area contributed by atoms with Crippen molar-refractivity contribution < 1.29 is 14.0 Å². The molecule has 0 saturated carbocycles. The minimum Gasteiger partial charge on any atom is -0.324 e. The van der Waals surface area contributed by atoms with Crippen molar-refractivity contribution in [2.45, 2.75) is 31.2 Å². The van der Waals surface area contributed by atoms with Crippen molar-refractivity contribution in [1.29, 1.82) is 0 Å².